The van der Waals surface area contributed by atoms with Crippen molar-refractivity contribution in [3.63, 3.8) is 0 Å². The maximum atomic E-state index is 13.6. The molecular formula is C29H20N5O5+. The number of hydrogen-bond acceptors (Lipinski definition) is 6. The Kier molecular flexibility index (Phi) is 5.59. The highest BCUT2D eigenvalue weighted by atomic mass is 16.2. The standard InChI is InChI=1S/C29H19N5O5/c30-14-23(35)32-31-15-16-6-8-18(9-7-16)34-28(38)21-12-10-19-24-20(11-13-22(25(21)24)29(34)39)27(37)33(26(19)36)17-4-2-1-3-5-17/h1-13,15H,14,30H2,(H,32,35)/p+1/b31-15+. The van der Waals surface area contributed by atoms with Crippen LogP contribution >= 0.6 is 0 Å². The van der Waals surface area contributed by atoms with E-state index in [1.807, 2.05) is 0 Å². The van der Waals surface area contributed by atoms with E-state index < -0.39 is 23.6 Å². The third-order valence-corrected chi connectivity index (χ3v) is 6.69. The second kappa shape index (κ2) is 9.12. The molecule has 0 radical (unpaired) electrons. The smallest absolute Gasteiger partial charge is 0.295 e. The SMILES string of the molecule is [NH3+]CC(=O)N/N=C/c1ccc(N2C(=O)c3ccc4c5c(ccc(c35)C2=O)C(=O)N(c2ccccc2)C4=O)cc1. The zero-order valence-electron chi connectivity index (χ0n) is 20.4. The van der Waals surface area contributed by atoms with Crippen LogP contribution in [0.1, 0.15) is 47.0 Å². The Bertz CT molecular complexity index is 1690. The Morgan fingerprint density at radius 1 is 0.667 bits per heavy atom. The number of carbonyl (C=O) groups is 5. The Labute approximate surface area is 221 Å². The van der Waals surface area contributed by atoms with Gasteiger partial charge < -0.3 is 5.73 Å². The molecule has 2 heterocycles. The number of imide groups is 2. The number of hydrazone groups is 1. The molecule has 10 nitrogen and oxygen atoms in total. The zero-order valence-corrected chi connectivity index (χ0v) is 20.4. The minimum Gasteiger partial charge on any atom is -0.350 e. The van der Waals surface area contributed by atoms with Gasteiger partial charge in [-0.3, -0.25) is 24.0 Å². The number of benzene rings is 4. The molecule has 0 aromatic heterocycles. The summed E-state index contributed by atoms with van der Waals surface area (Å²) in [5.74, 6) is -2.50. The molecule has 0 bridgehead atoms. The predicted octanol–water partition coefficient (Wildman–Crippen LogP) is 2.13. The molecule has 10 heteroatoms. The summed E-state index contributed by atoms with van der Waals surface area (Å²) in [5, 5.41) is 4.45. The highest BCUT2D eigenvalue weighted by molar-refractivity contribution is 6.42. The van der Waals surface area contributed by atoms with Gasteiger partial charge in [0.1, 0.15) is 0 Å². The van der Waals surface area contributed by atoms with E-state index in [1.165, 1.54) is 30.5 Å². The number of nitrogens with one attached hydrogen (secondary N) is 1. The third kappa shape index (κ3) is 3.70. The van der Waals surface area contributed by atoms with E-state index in [9.17, 15) is 24.0 Å². The molecule has 0 fully saturated rings. The minimum absolute atomic E-state index is 0.0558. The summed E-state index contributed by atoms with van der Waals surface area (Å²) in [6.07, 6.45) is 1.43. The number of para-hydroxylation sites is 1. The molecule has 4 N–H and O–H groups in total. The maximum Gasteiger partial charge on any atom is 0.295 e. The summed E-state index contributed by atoms with van der Waals surface area (Å²) in [4.78, 5) is 67.5. The van der Waals surface area contributed by atoms with Crippen molar-refractivity contribution in [3.05, 3.63) is 107 Å². The molecule has 6 rings (SSSR count). The van der Waals surface area contributed by atoms with Gasteiger partial charge >= 0.3 is 0 Å². The highest BCUT2D eigenvalue weighted by Gasteiger charge is 2.40. The lowest BCUT2D eigenvalue weighted by molar-refractivity contribution is -0.355. The van der Waals surface area contributed by atoms with Gasteiger partial charge in [-0.15, -0.1) is 0 Å². The van der Waals surface area contributed by atoms with Crippen LogP contribution in [0.4, 0.5) is 11.4 Å². The summed E-state index contributed by atoms with van der Waals surface area (Å²) in [7, 11) is 0. The zero-order chi connectivity index (χ0) is 27.3. The van der Waals surface area contributed by atoms with Crippen molar-refractivity contribution < 1.29 is 29.7 Å². The van der Waals surface area contributed by atoms with Gasteiger partial charge in [-0.2, -0.15) is 5.10 Å². The van der Waals surface area contributed by atoms with Crippen LogP contribution in [0.5, 0.6) is 0 Å². The highest BCUT2D eigenvalue weighted by Crippen LogP contribution is 2.39. The first-order chi connectivity index (χ1) is 18.9. The molecule has 39 heavy (non-hydrogen) atoms. The van der Waals surface area contributed by atoms with Crippen molar-refractivity contribution in [1.82, 2.24) is 5.43 Å². The van der Waals surface area contributed by atoms with Gasteiger partial charge in [0.25, 0.3) is 29.5 Å². The molecule has 0 atom stereocenters. The molecule has 4 aromatic carbocycles. The van der Waals surface area contributed by atoms with Crippen molar-refractivity contribution in [1.29, 1.82) is 0 Å². The first kappa shape index (κ1) is 23.9. The number of quaternary nitrogens is 1. The monoisotopic (exact) mass is 518 g/mol. The lowest BCUT2D eigenvalue weighted by atomic mass is 9.85. The van der Waals surface area contributed by atoms with Gasteiger partial charge in [0.15, 0.2) is 6.54 Å². The number of carbonyl (C=O) groups excluding carboxylic acids is 5. The molecular weight excluding hydrogens is 498 g/mol. The Morgan fingerprint density at radius 3 is 1.54 bits per heavy atom. The molecule has 0 spiro atoms. The van der Waals surface area contributed by atoms with Crippen molar-refractivity contribution in [2.75, 3.05) is 16.3 Å². The second-order valence-electron chi connectivity index (χ2n) is 8.93. The van der Waals surface area contributed by atoms with Crippen molar-refractivity contribution >= 4 is 57.9 Å². The number of rotatable bonds is 5. The molecule has 4 aromatic rings. The Balaban J connectivity index is 1.39. The number of anilines is 2. The first-order valence-corrected chi connectivity index (χ1v) is 12.0. The number of hydrogen-bond donors (Lipinski definition) is 2. The largest absolute Gasteiger partial charge is 0.350 e. The van der Waals surface area contributed by atoms with Crippen LogP contribution in [0.25, 0.3) is 10.8 Å². The summed E-state index contributed by atoms with van der Waals surface area (Å²) in [6.45, 7) is 0.0558. The van der Waals surface area contributed by atoms with Crippen molar-refractivity contribution in [2.45, 2.75) is 0 Å². The fraction of sp³-hybridized carbons (Fsp3) is 0.0345. The average Bonchev–Trinajstić information content (AvgIpc) is 2.96. The minimum atomic E-state index is -0.564. The van der Waals surface area contributed by atoms with Gasteiger partial charge in [-0.05, 0) is 54.1 Å². The van der Waals surface area contributed by atoms with Gasteiger partial charge in [0.2, 0.25) is 0 Å². The van der Waals surface area contributed by atoms with E-state index in [0.29, 0.717) is 27.7 Å². The van der Waals surface area contributed by atoms with Crippen LogP contribution in [-0.4, -0.2) is 42.3 Å². The van der Waals surface area contributed by atoms with E-state index in [-0.39, 0.29) is 34.7 Å². The fourth-order valence-corrected chi connectivity index (χ4v) is 4.86. The normalized spacial score (nSPS) is 14.5. The summed E-state index contributed by atoms with van der Waals surface area (Å²) in [6, 6.07) is 21.2. The Hall–Kier alpha value is -5.48. The van der Waals surface area contributed by atoms with Crippen LogP contribution in [0, 0.1) is 0 Å². The lowest BCUT2D eigenvalue weighted by Crippen LogP contribution is -2.56. The van der Waals surface area contributed by atoms with Gasteiger partial charge in [-0.1, -0.05) is 30.3 Å². The number of nitrogens with zero attached hydrogens (tertiary/aromatic N) is 3. The third-order valence-electron chi connectivity index (χ3n) is 6.69. The summed E-state index contributed by atoms with van der Waals surface area (Å²) < 4.78 is 0. The van der Waals surface area contributed by atoms with Gasteiger partial charge in [-0.25, -0.2) is 15.2 Å². The second-order valence-corrected chi connectivity index (χ2v) is 8.93. The van der Waals surface area contributed by atoms with E-state index in [2.05, 4.69) is 16.3 Å². The molecule has 190 valence electrons. The molecule has 0 unspecified atom stereocenters. The lowest BCUT2D eigenvalue weighted by Gasteiger charge is -2.32. The van der Waals surface area contributed by atoms with Crippen LogP contribution in [0.3, 0.4) is 0 Å². The Morgan fingerprint density at radius 2 is 1.10 bits per heavy atom. The predicted molar refractivity (Wildman–Crippen MR) is 143 cm³/mol. The maximum absolute atomic E-state index is 13.6. The molecule has 2 aliphatic rings. The topological polar surface area (TPSA) is 144 Å². The average molecular weight is 519 g/mol. The van der Waals surface area contributed by atoms with Crippen LogP contribution in [0.15, 0.2) is 84.0 Å². The van der Waals surface area contributed by atoms with E-state index in [4.69, 9.17) is 0 Å². The van der Waals surface area contributed by atoms with Crippen molar-refractivity contribution in [3.8, 4) is 0 Å². The molecule has 0 saturated heterocycles. The number of amides is 5. The molecule has 2 aliphatic heterocycles. The quantitative estimate of drug-likeness (QED) is 0.236. The van der Waals surface area contributed by atoms with E-state index in [1.54, 1.807) is 54.6 Å². The van der Waals surface area contributed by atoms with Crippen molar-refractivity contribution in [2.24, 2.45) is 5.10 Å². The van der Waals surface area contributed by atoms with E-state index >= 15 is 0 Å². The van der Waals surface area contributed by atoms with Gasteiger partial charge in [0, 0.05) is 33.0 Å². The first-order valence-electron chi connectivity index (χ1n) is 12.0. The summed E-state index contributed by atoms with van der Waals surface area (Å²) in [5.41, 5.74) is 8.15. The van der Waals surface area contributed by atoms with Crippen LogP contribution < -0.4 is 21.0 Å². The van der Waals surface area contributed by atoms with Crippen LogP contribution in [-0.2, 0) is 4.79 Å². The molecule has 0 saturated carbocycles. The van der Waals surface area contributed by atoms with E-state index in [0.717, 1.165) is 9.80 Å². The molecule has 5 amide bonds. The molecule has 0 aliphatic carbocycles. The van der Waals surface area contributed by atoms with Gasteiger partial charge in [0.05, 0.1) is 17.6 Å². The fourth-order valence-electron chi connectivity index (χ4n) is 4.86. The van der Waals surface area contributed by atoms with Crippen LogP contribution in [0.2, 0.25) is 0 Å². The summed E-state index contributed by atoms with van der Waals surface area (Å²) >= 11 is 0.